The van der Waals surface area contributed by atoms with Gasteiger partial charge in [0.2, 0.25) is 0 Å². The first-order valence-corrected chi connectivity index (χ1v) is 7.96. The van der Waals surface area contributed by atoms with Crippen LogP contribution in [0.3, 0.4) is 0 Å². The molecule has 0 aliphatic carbocycles. The van der Waals surface area contributed by atoms with E-state index in [1.165, 1.54) is 0 Å². The molecule has 0 saturated carbocycles. The zero-order chi connectivity index (χ0) is 18.0. The van der Waals surface area contributed by atoms with Crippen molar-refractivity contribution >= 4 is 6.21 Å². The summed E-state index contributed by atoms with van der Waals surface area (Å²) in [5.74, 6) is 1.57. The highest BCUT2D eigenvalue weighted by atomic mass is 16.5. The number of hydrogen-bond donors (Lipinski definition) is 1. The van der Waals surface area contributed by atoms with Gasteiger partial charge in [-0.15, -0.1) is 10.2 Å². The lowest BCUT2D eigenvalue weighted by Gasteiger charge is -2.07. The van der Waals surface area contributed by atoms with E-state index in [0.29, 0.717) is 29.7 Å². The van der Waals surface area contributed by atoms with Crippen molar-refractivity contribution in [3.63, 3.8) is 0 Å². The van der Waals surface area contributed by atoms with Gasteiger partial charge in [0.25, 0.3) is 5.95 Å². The van der Waals surface area contributed by atoms with Gasteiger partial charge in [0.1, 0.15) is 0 Å². The van der Waals surface area contributed by atoms with Crippen LogP contribution in [0.25, 0.3) is 5.95 Å². The van der Waals surface area contributed by atoms with Crippen LogP contribution in [-0.2, 0) is 0 Å². The van der Waals surface area contributed by atoms with Gasteiger partial charge in [0.05, 0.1) is 18.5 Å². The van der Waals surface area contributed by atoms with Gasteiger partial charge in [-0.25, -0.2) is 4.68 Å². The van der Waals surface area contributed by atoms with Gasteiger partial charge >= 0.3 is 0 Å². The Balaban J connectivity index is 1.99. The van der Waals surface area contributed by atoms with Gasteiger partial charge in [-0.2, -0.15) is 14.9 Å². The molecule has 0 bridgehead atoms. The van der Waals surface area contributed by atoms with Gasteiger partial charge in [-0.1, -0.05) is 6.07 Å². The van der Waals surface area contributed by atoms with E-state index in [9.17, 15) is 5.11 Å². The zero-order valence-corrected chi connectivity index (χ0v) is 14.6. The summed E-state index contributed by atoms with van der Waals surface area (Å²) in [6.07, 6.45) is 1.55. The highest BCUT2D eigenvalue weighted by molar-refractivity contribution is 5.84. The normalized spacial score (nSPS) is 11.4. The van der Waals surface area contributed by atoms with E-state index < -0.39 is 0 Å². The summed E-state index contributed by atoms with van der Waals surface area (Å²) in [5.41, 5.74) is 2.36. The number of phenols is 1. The summed E-state index contributed by atoms with van der Waals surface area (Å²) in [6.45, 7) is 7.99. The molecule has 0 atom stereocenters. The minimum Gasteiger partial charge on any atom is -0.504 e. The molecule has 25 heavy (non-hydrogen) atoms. The molecule has 0 aliphatic heterocycles. The molecule has 3 rings (SSSR count). The Kier molecular flexibility index (Phi) is 4.51. The molecule has 0 amide bonds. The maximum absolute atomic E-state index is 10.3. The maximum Gasteiger partial charge on any atom is 0.273 e. The first-order chi connectivity index (χ1) is 12.0. The number of aryl methyl sites for hydroxylation is 3. The van der Waals surface area contributed by atoms with E-state index in [1.807, 2.05) is 26.8 Å². The van der Waals surface area contributed by atoms with Crippen LogP contribution in [0.2, 0.25) is 0 Å². The number of benzene rings is 1. The Bertz CT molecular complexity index is 925. The second kappa shape index (κ2) is 6.76. The van der Waals surface area contributed by atoms with Crippen molar-refractivity contribution < 1.29 is 9.84 Å². The number of phenolic OH excluding ortho intramolecular Hbond substituents is 1. The average Bonchev–Trinajstić information content (AvgIpc) is 3.10. The topological polar surface area (TPSA) is 90.4 Å². The lowest BCUT2D eigenvalue weighted by molar-refractivity contribution is 0.318. The number of aromatic nitrogens is 5. The molecule has 0 fully saturated rings. The number of hydrogen-bond acceptors (Lipinski definition) is 6. The summed E-state index contributed by atoms with van der Waals surface area (Å²) in [6, 6.07) is 7.22. The molecular weight excluding hydrogens is 320 g/mol. The third-order valence-electron chi connectivity index (χ3n) is 3.62. The second-order valence-corrected chi connectivity index (χ2v) is 5.57. The molecule has 1 N–H and O–H groups in total. The molecule has 2 aromatic heterocycles. The van der Waals surface area contributed by atoms with E-state index in [4.69, 9.17) is 4.74 Å². The first-order valence-electron chi connectivity index (χ1n) is 7.96. The Morgan fingerprint density at radius 3 is 2.72 bits per heavy atom. The second-order valence-electron chi connectivity index (χ2n) is 5.57. The highest BCUT2D eigenvalue weighted by Crippen LogP contribution is 2.28. The van der Waals surface area contributed by atoms with Crippen LogP contribution < -0.4 is 4.74 Å². The molecule has 130 valence electrons. The molecular formula is C17H20N6O2. The Morgan fingerprint density at radius 1 is 1.24 bits per heavy atom. The first kappa shape index (κ1) is 16.7. The van der Waals surface area contributed by atoms with Crippen molar-refractivity contribution in [2.75, 3.05) is 6.61 Å². The molecule has 8 heteroatoms. The van der Waals surface area contributed by atoms with Crippen LogP contribution in [-0.4, -0.2) is 42.6 Å². The minimum atomic E-state index is 0.0477. The molecule has 0 radical (unpaired) electrons. The maximum atomic E-state index is 10.3. The zero-order valence-electron chi connectivity index (χ0n) is 14.6. The van der Waals surface area contributed by atoms with E-state index in [2.05, 4.69) is 20.4 Å². The van der Waals surface area contributed by atoms with E-state index in [-0.39, 0.29) is 5.75 Å². The van der Waals surface area contributed by atoms with Crippen LogP contribution in [0, 0.1) is 20.8 Å². The number of nitrogens with zero attached hydrogens (tertiary/aromatic N) is 6. The standard InChI is InChI=1S/C17H20N6O2/c1-5-25-15-8-6-7-14(16(15)24)10-18-23-13(4)19-20-17(23)22-12(3)9-11(2)21-22/h6-10,24H,5H2,1-4H3/b18-10+. The van der Waals surface area contributed by atoms with Crippen LogP contribution in [0.15, 0.2) is 29.4 Å². The van der Waals surface area contributed by atoms with Gasteiger partial charge in [0, 0.05) is 11.3 Å². The molecule has 8 nitrogen and oxygen atoms in total. The highest BCUT2D eigenvalue weighted by Gasteiger charge is 2.14. The summed E-state index contributed by atoms with van der Waals surface area (Å²) < 4.78 is 8.65. The fraction of sp³-hybridized carbons (Fsp3) is 0.294. The number of aromatic hydroxyl groups is 1. The molecule has 0 spiro atoms. The Hall–Kier alpha value is -3.16. The number of ether oxygens (including phenoxy) is 1. The van der Waals surface area contributed by atoms with E-state index in [1.54, 1.807) is 40.7 Å². The quantitative estimate of drug-likeness (QED) is 0.720. The van der Waals surface area contributed by atoms with Crippen molar-refractivity contribution in [2.24, 2.45) is 5.10 Å². The Morgan fingerprint density at radius 2 is 2.04 bits per heavy atom. The number of para-hydroxylation sites is 1. The molecule has 1 aromatic carbocycles. The van der Waals surface area contributed by atoms with Crippen molar-refractivity contribution in [1.82, 2.24) is 24.7 Å². The van der Waals surface area contributed by atoms with Crippen molar-refractivity contribution in [2.45, 2.75) is 27.7 Å². The summed E-state index contributed by atoms with van der Waals surface area (Å²) in [7, 11) is 0. The molecule has 3 aromatic rings. The largest absolute Gasteiger partial charge is 0.504 e. The molecule has 2 heterocycles. The third kappa shape index (κ3) is 3.23. The van der Waals surface area contributed by atoms with E-state index >= 15 is 0 Å². The lowest BCUT2D eigenvalue weighted by Crippen LogP contribution is -2.08. The molecule has 0 saturated heterocycles. The van der Waals surface area contributed by atoms with Gasteiger partial charge in [-0.3, -0.25) is 0 Å². The Labute approximate surface area is 145 Å². The smallest absolute Gasteiger partial charge is 0.273 e. The van der Waals surface area contributed by atoms with E-state index in [0.717, 1.165) is 11.4 Å². The predicted octanol–water partition coefficient (Wildman–Crippen LogP) is 2.38. The van der Waals surface area contributed by atoms with Crippen LogP contribution >= 0.6 is 0 Å². The van der Waals surface area contributed by atoms with Gasteiger partial charge < -0.3 is 9.84 Å². The SMILES string of the molecule is CCOc1cccc(/C=N/n2c(C)nnc2-n2nc(C)cc2C)c1O. The average molecular weight is 340 g/mol. The summed E-state index contributed by atoms with van der Waals surface area (Å²) in [4.78, 5) is 0. The van der Waals surface area contributed by atoms with Crippen molar-refractivity contribution in [3.8, 4) is 17.4 Å². The molecule has 0 aliphatic rings. The molecule has 0 unspecified atom stereocenters. The minimum absolute atomic E-state index is 0.0477. The predicted molar refractivity (Wildman–Crippen MR) is 93.6 cm³/mol. The van der Waals surface area contributed by atoms with Crippen molar-refractivity contribution in [3.05, 3.63) is 47.0 Å². The van der Waals surface area contributed by atoms with Gasteiger partial charge in [0.15, 0.2) is 17.3 Å². The third-order valence-corrected chi connectivity index (χ3v) is 3.62. The fourth-order valence-corrected chi connectivity index (χ4v) is 2.48. The van der Waals surface area contributed by atoms with Crippen LogP contribution in [0.4, 0.5) is 0 Å². The number of rotatable bonds is 5. The fourth-order valence-electron chi connectivity index (χ4n) is 2.48. The lowest BCUT2D eigenvalue weighted by atomic mass is 10.2. The monoisotopic (exact) mass is 340 g/mol. The van der Waals surface area contributed by atoms with Crippen LogP contribution in [0.5, 0.6) is 11.5 Å². The summed E-state index contributed by atoms with van der Waals surface area (Å²) >= 11 is 0. The summed E-state index contributed by atoms with van der Waals surface area (Å²) in [5, 5.41) is 27.3. The van der Waals surface area contributed by atoms with Gasteiger partial charge in [-0.05, 0) is 45.9 Å². The van der Waals surface area contributed by atoms with Crippen molar-refractivity contribution in [1.29, 1.82) is 0 Å². The van der Waals surface area contributed by atoms with Crippen LogP contribution in [0.1, 0.15) is 29.7 Å².